The highest BCUT2D eigenvalue weighted by Gasteiger charge is 2.34. The Morgan fingerprint density at radius 2 is 1.65 bits per heavy atom. The number of ether oxygens (including phenoxy) is 1. The second kappa shape index (κ2) is 13.7. The van der Waals surface area contributed by atoms with Gasteiger partial charge in [0.15, 0.2) is 0 Å². The Labute approximate surface area is 241 Å². The van der Waals surface area contributed by atoms with Gasteiger partial charge in [0.05, 0.1) is 19.1 Å². The summed E-state index contributed by atoms with van der Waals surface area (Å²) in [6.45, 7) is 5.03. The van der Waals surface area contributed by atoms with Crippen LogP contribution in [-0.4, -0.2) is 57.1 Å². The Kier molecular flexibility index (Phi) is 10.6. The van der Waals surface area contributed by atoms with Crippen molar-refractivity contribution in [3.63, 3.8) is 0 Å². The van der Waals surface area contributed by atoms with Crippen LogP contribution in [0.1, 0.15) is 30.5 Å². The molecule has 0 heterocycles. The zero-order valence-electron chi connectivity index (χ0n) is 23.4. The average Bonchev–Trinajstić information content (AvgIpc) is 2.88. The fourth-order valence-electron chi connectivity index (χ4n) is 4.36. The number of carbonyl (C=O) groups is 2. The number of carbonyl (C=O) groups excluding carboxylic acids is 2. The van der Waals surface area contributed by atoms with Crippen molar-refractivity contribution in [2.45, 2.75) is 45.8 Å². The van der Waals surface area contributed by atoms with E-state index in [4.69, 9.17) is 16.3 Å². The van der Waals surface area contributed by atoms with Gasteiger partial charge in [-0.15, -0.1) is 0 Å². The second-order valence-corrected chi connectivity index (χ2v) is 12.3. The van der Waals surface area contributed by atoms with Crippen LogP contribution >= 0.6 is 11.6 Å². The van der Waals surface area contributed by atoms with Crippen molar-refractivity contribution in [2.24, 2.45) is 0 Å². The number of amides is 2. The molecule has 1 N–H and O–H groups in total. The zero-order chi connectivity index (χ0) is 29.4. The fraction of sp³-hybridized carbons (Fsp3) is 0.333. The van der Waals surface area contributed by atoms with Crippen LogP contribution < -0.4 is 14.4 Å². The summed E-state index contributed by atoms with van der Waals surface area (Å²) in [6.07, 6.45) is 1.27. The van der Waals surface area contributed by atoms with Gasteiger partial charge in [-0.2, -0.15) is 0 Å². The molecule has 8 nitrogen and oxygen atoms in total. The summed E-state index contributed by atoms with van der Waals surface area (Å²) in [5.74, 6) is -0.578. The number of benzene rings is 3. The summed E-state index contributed by atoms with van der Waals surface area (Å²) >= 11 is 6.24. The number of sulfonamides is 1. The maximum atomic E-state index is 14.1. The molecule has 1 atom stereocenters. The molecule has 0 fully saturated rings. The first kappa shape index (κ1) is 31.0. The van der Waals surface area contributed by atoms with E-state index < -0.39 is 28.5 Å². The summed E-state index contributed by atoms with van der Waals surface area (Å²) in [5.41, 5.74) is 2.60. The molecule has 0 unspecified atom stereocenters. The monoisotopic (exact) mass is 585 g/mol. The van der Waals surface area contributed by atoms with Crippen LogP contribution in [0, 0.1) is 6.92 Å². The first-order valence-electron chi connectivity index (χ1n) is 12.9. The van der Waals surface area contributed by atoms with Crippen molar-refractivity contribution in [2.75, 3.05) is 24.2 Å². The predicted molar refractivity (Wildman–Crippen MR) is 159 cm³/mol. The molecule has 0 spiro atoms. The highest BCUT2D eigenvalue weighted by atomic mass is 35.5. The minimum atomic E-state index is -3.92. The molecular formula is C30H36ClN3O5S. The van der Waals surface area contributed by atoms with E-state index in [0.29, 0.717) is 16.3 Å². The summed E-state index contributed by atoms with van der Waals surface area (Å²) in [4.78, 5) is 29.1. The second-order valence-electron chi connectivity index (χ2n) is 9.97. The van der Waals surface area contributed by atoms with Gasteiger partial charge in [-0.25, -0.2) is 8.42 Å². The first-order valence-corrected chi connectivity index (χ1v) is 15.1. The largest absolute Gasteiger partial charge is 0.495 e. The van der Waals surface area contributed by atoms with E-state index in [0.717, 1.165) is 21.7 Å². The average molecular weight is 586 g/mol. The standard InChI is InChI=1S/C30H36ClN3O5S/c1-21(2)32-30(36)27(18-23-10-7-6-8-11-23)33(19-24-12-9-13-25(31)17-24)29(35)20-34(40(5,37)38)26-16-22(3)14-15-28(26)39-4/h6-17,21,27H,18-20H2,1-5H3,(H,32,36)/t27-/m1/s1. The molecule has 0 saturated carbocycles. The number of aryl methyl sites for hydroxylation is 1. The molecule has 3 rings (SSSR count). The summed E-state index contributed by atoms with van der Waals surface area (Å²) in [7, 11) is -2.48. The Balaban J connectivity index is 2.10. The van der Waals surface area contributed by atoms with E-state index in [-0.39, 0.29) is 30.6 Å². The maximum Gasteiger partial charge on any atom is 0.244 e. The number of hydrogen-bond acceptors (Lipinski definition) is 5. The summed E-state index contributed by atoms with van der Waals surface area (Å²) in [6, 6.07) is 20.4. The number of rotatable bonds is 12. The van der Waals surface area contributed by atoms with E-state index in [9.17, 15) is 18.0 Å². The van der Waals surface area contributed by atoms with Gasteiger partial charge in [0.1, 0.15) is 18.3 Å². The third-order valence-electron chi connectivity index (χ3n) is 6.23. The zero-order valence-corrected chi connectivity index (χ0v) is 25.0. The van der Waals surface area contributed by atoms with Crippen molar-refractivity contribution in [1.29, 1.82) is 0 Å². The minimum Gasteiger partial charge on any atom is -0.495 e. The van der Waals surface area contributed by atoms with Gasteiger partial charge in [-0.05, 0) is 61.7 Å². The molecule has 0 radical (unpaired) electrons. The van der Waals surface area contributed by atoms with Crippen LogP contribution in [0.15, 0.2) is 72.8 Å². The lowest BCUT2D eigenvalue weighted by atomic mass is 10.0. The van der Waals surface area contributed by atoms with E-state index in [1.54, 1.807) is 36.4 Å². The number of nitrogens with zero attached hydrogens (tertiary/aromatic N) is 2. The van der Waals surface area contributed by atoms with Crippen LogP contribution in [0.4, 0.5) is 5.69 Å². The lowest BCUT2D eigenvalue weighted by molar-refractivity contribution is -0.140. The number of methoxy groups -OCH3 is 1. The number of nitrogens with one attached hydrogen (secondary N) is 1. The highest BCUT2D eigenvalue weighted by Crippen LogP contribution is 2.31. The molecule has 0 aliphatic heterocycles. The molecule has 214 valence electrons. The first-order chi connectivity index (χ1) is 18.9. The summed E-state index contributed by atoms with van der Waals surface area (Å²) < 4.78 is 32.5. The van der Waals surface area contributed by atoms with Gasteiger partial charge >= 0.3 is 0 Å². The van der Waals surface area contributed by atoms with Gasteiger partial charge in [-0.1, -0.05) is 60.1 Å². The Hall–Kier alpha value is -3.56. The Bertz CT molecular complexity index is 1430. The molecule has 10 heteroatoms. The van der Waals surface area contributed by atoms with Crippen LogP contribution in [-0.2, 0) is 32.6 Å². The van der Waals surface area contributed by atoms with Gasteiger partial charge in [0.25, 0.3) is 0 Å². The quantitative estimate of drug-likeness (QED) is 0.335. The molecule has 0 bridgehead atoms. The number of halogens is 1. The van der Waals surface area contributed by atoms with E-state index >= 15 is 0 Å². The van der Waals surface area contributed by atoms with Crippen LogP contribution in [0.3, 0.4) is 0 Å². The van der Waals surface area contributed by atoms with E-state index in [1.165, 1.54) is 12.0 Å². The number of hydrogen-bond donors (Lipinski definition) is 1. The van der Waals surface area contributed by atoms with Crippen LogP contribution in [0.25, 0.3) is 0 Å². The van der Waals surface area contributed by atoms with E-state index in [1.807, 2.05) is 57.2 Å². The lowest BCUT2D eigenvalue weighted by Gasteiger charge is -2.34. The molecular weight excluding hydrogens is 550 g/mol. The molecule has 0 aliphatic rings. The smallest absolute Gasteiger partial charge is 0.244 e. The molecule has 40 heavy (non-hydrogen) atoms. The van der Waals surface area contributed by atoms with Crippen LogP contribution in [0.2, 0.25) is 5.02 Å². The molecule has 0 aromatic heterocycles. The van der Waals surface area contributed by atoms with Gasteiger partial charge < -0.3 is 15.0 Å². The lowest BCUT2D eigenvalue weighted by Crippen LogP contribution is -2.54. The predicted octanol–water partition coefficient (Wildman–Crippen LogP) is 4.59. The molecule has 0 aliphatic carbocycles. The van der Waals surface area contributed by atoms with Gasteiger partial charge in [-0.3, -0.25) is 13.9 Å². The van der Waals surface area contributed by atoms with Crippen molar-refractivity contribution in [3.05, 3.63) is 94.5 Å². The Morgan fingerprint density at radius 3 is 2.25 bits per heavy atom. The van der Waals surface area contributed by atoms with Crippen molar-refractivity contribution in [3.8, 4) is 5.75 Å². The minimum absolute atomic E-state index is 0.0466. The third-order valence-corrected chi connectivity index (χ3v) is 7.59. The Morgan fingerprint density at radius 1 is 0.975 bits per heavy atom. The number of anilines is 1. The highest BCUT2D eigenvalue weighted by molar-refractivity contribution is 7.92. The van der Waals surface area contributed by atoms with E-state index in [2.05, 4.69) is 5.32 Å². The SMILES string of the molecule is COc1ccc(C)cc1N(CC(=O)N(Cc1cccc(Cl)c1)[C@H](Cc1ccccc1)C(=O)NC(C)C)S(C)(=O)=O. The molecule has 2 amide bonds. The molecule has 3 aromatic carbocycles. The van der Waals surface area contributed by atoms with Crippen LogP contribution in [0.5, 0.6) is 5.75 Å². The van der Waals surface area contributed by atoms with Gasteiger partial charge in [0, 0.05) is 24.0 Å². The van der Waals surface area contributed by atoms with Crippen molar-refractivity contribution < 1.29 is 22.7 Å². The normalized spacial score (nSPS) is 12.1. The summed E-state index contributed by atoms with van der Waals surface area (Å²) in [5, 5.41) is 3.41. The van der Waals surface area contributed by atoms with Crippen molar-refractivity contribution in [1.82, 2.24) is 10.2 Å². The topological polar surface area (TPSA) is 96.0 Å². The molecule has 3 aromatic rings. The maximum absolute atomic E-state index is 14.1. The van der Waals surface area contributed by atoms with Crippen molar-refractivity contribution >= 4 is 39.1 Å². The third kappa shape index (κ3) is 8.47. The molecule has 0 saturated heterocycles. The fourth-order valence-corrected chi connectivity index (χ4v) is 5.41. The van der Waals surface area contributed by atoms with Gasteiger partial charge in [0.2, 0.25) is 21.8 Å².